The van der Waals surface area contributed by atoms with Crippen LogP contribution in [0.15, 0.2) is 18.3 Å². The molecule has 0 aliphatic carbocycles. The maximum Gasteiger partial charge on any atom is 0.276 e. The van der Waals surface area contributed by atoms with Gasteiger partial charge in [-0.25, -0.2) is 4.98 Å². The van der Waals surface area contributed by atoms with Gasteiger partial charge in [0.25, 0.3) is 5.91 Å². The number of piperidine rings is 1. The van der Waals surface area contributed by atoms with Gasteiger partial charge in [-0.05, 0) is 51.0 Å². The van der Waals surface area contributed by atoms with Gasteiger partial charge in [-0.2, -0.15) is 0 Å². The monoisotopic (exact) mass is 291 g/mol. The number of hydrogen-bond acceptors (Lipinski definition) is 4. The highest BCUT2D eigenvalue weighted by Gasteiger charge is 2.29. The van der Waals surface area contributed by atoms with Gasteiger partial charge in [-0.1, -0.05) is 13.8 Å². The third-order valence-electron chi connectivity index (χ3n) is 3.94. The Morgan fingerprint density at radius 2 is 2.14 bits per heavy atom. The van der Waals surface area contributed by atoms with Gasteiger partial charge in [0.1, 0.15) is 5.75 Å². The highest BCUT2D eigenvalue weighted by atomic mass is 16.3. The number of rotatable bonds is 4. The summed E-state index contributed by atoms with van der Waals surface area (Å²) in [6, 6.07) is 3.38. The summed E-state index contributed by atoms with van der Waals surface area (Å²) < 4.78 is 0. The fourth-order valence-corrected chi connectivity index (χ4v) is 2.80. The first-order valence-corrected chi connectivity index (χ1v) is 7.62. The summed E-state index contributed by atoms with van der Waals surface area (Å²) in [4.78, 5) is 21.0. The van der Waals surface area contributed by atoms with Gasteiger partial charge < -0.3 is 14.9 Å². The first-order chi connectivity index (χ1) is 9.99. The molecule has 0 aromatic carbocycles. The van der Waals surface area contributed by atoms with Crippen molar-refractivity contribution in [2.75, 3.05) is 26.7 Å². The Morgan fingerprint density at radius 1 is 1.48 bits per heavy atom. The normalized spacial score (nSPS) is 17.1. The van der Waals surface area contributed by atoms with Crippen LogP contribution in [-0.2, 0) is 0 Å². The minimum absolute atomic E-state index is 0.0378. The van der Waals surface area contributed by atoms with E-state index in [0.717, 1.165) is 25.9 Å². The third kappa shape index (κ3) is 3.94. The van der Waals surface area contributed by atoms with E-state index in [-0.39, 0.29) is 23.4 Å². The molecule has 2 rings (SSSR count). The van der Waals surface area contributed by atoms with E-state index in [2.05, 4.69) is 30.8 Å². The molecule has 1 N–H and O–H groups in total. The predicted octanol–water partition coefficient (Wildman–Crippen LogP) is 1.98. The van der Waals surface area contributed by atoms with E-state index in [1.54, 1.807) is 12.3 Å². The predicted molar refractivity (Wildman–Crippen MR) is 82.3 cm³/mol. The Morgan fingerprint density at radius 3 is 2.71 bits per heavy atom. The van der Waals surface area contributed by atoms with Crippen molar-refractivity contribution in [1.82, 2.24) is 14.8 Å². The quantitative estimate of drug-likeness (QED) is 0.921. The van der Waals surface area contributed by atoms with Crippen molar-refractivity contribution >= 4 is 5.91 Å². The van der Waals surface area contributed by atoms with E-state index in [1.165, 1.54) is 6.07 Å². The van der Waals surface area contributed by atoms with Crippen LogP contribution >= 0.6 is 0 Å². The molecule has 1 fully saturated rings. The van der Waals surface area contributed by atoms with Gasteiger partial charge in [0, 0.05) is 18.8 Å². The van der Waals surface area contributed by atoms with E-state index in [9.17, 15) is 9.90 Å². The first-order valence-electron chi connectivity index (χ1n) is 7.62. The zero-order chi connectivity index (χ0) is 15.4. The Bertz CT molecular complexity index is 482. The second-order valence-corrected chi connectivity index (χ2v) is 6.26. The van der Waals surface area contributed by atoms with Gasteiger partial charge in [0.2, 0.25) is 0 Å². The zero-order valence-electron chi connectivity index (χ0n) is 13.1. The molecule has 1 aromatic heterocycles. The molecule has 0 atom stereocenters. The molecular formula is C16H25N3O2. The summed E-state index contributed by atoms with van der Waals surface area (Å²) >= 11 is 0. The van der Waals surface area contributed by atoms with Gasteiger partial charge in [0.15, 0.2) is 5.69 Å². The van der Waals surface area contributed by atoms with Crippen LogP contribution in [0.5, 0.6) is 5.75 Å². The molecule has 1 saturated heterocycles. The lowest BCUT2D eigenvalue weighted by atomic mass is 10.0. The molecule has 0 saturated carbocycles. The van der Waals surface area contributed by atoms with Crippen LogP contribution in [0.1, 0.15) is 37.2 Å². The van der Waals surface area contributed by atoms with Crippen LogP contribution in [0.25, 0.3) is 0 Å². The Hall–Kier alpha value is -1.62. The fraction of sp³-hybridized carbons (Fsp3) is 0.625. The van der Waals surface area contributed by atoms with Gasteiger partial charge in [-0.15, -0.1) is 0 Å². The Labute approximate surface area is 126 Å². The highest BCUT2D eigenvalue weighted by molar-refractivity contribution is 5.95. The number of carbonyl (C=O) groups excluding carboxylic acids is 1. The molecular weight excluding hydrogens is 266 g/mol. The molecule has 5 heteroatoms. The molecule has 1 aliphatic rings. The summed E-state index contributed by atoms with van der Waals surface area (Å²) in [5.74, 6) is 0.194. The minimum atomic E-state index is -0.156. The summed E-state index contributed by atoms with van der Waals surface area (Å²) in [5.41, 5.74) is 0.164. The van der Waals surface area contributed by atoms with Crippen LogP contribution in [-0.4, -0.2) is 58.5 Å². The fourth-order valence-electron chi connectivity index (χ4n) is 2.80. The average Bonchev–Trinajstić information content (AvgIpc) is 2.45. The lowest BCUT2D eigenvalue weighted by molar-refractivity contribution is 0.0550. The van der Waals surface area contributed by atoms with E-state index in [1.807, 2.05) is 4.90 Å². The third-order valence-corrected chi connectivity index (χ3v) is 3.94. The summed E-state index contributed by atoms with van der Waals surface area (Å²) in [6.07, 6.45) is 3.50. The average molecular weight is 291 g/mol. The molecule has 0 spiro atoms. The van der Waals surface area contributed by atoms with Crippen molar-refractivity contribution in [2.24, 2.45) is 5.92 Å². The van der Waals surface area contributed by atoms with Gasteiger partial charge in [-0.3, -0.25) is 4.79 Å². The molecule has 0 unspecified atom stereocenters. The van der Waals surface area contributed by atoms with Gasteiger partial charge in [0.05, 0.1) is 0 Å². The number of hydrogen-bond donors (Lipinski definition) is 1. The molecule has 1 aromatic rings. The van der Waals surface area contributed by atoms with Crippen LogP contribution in [0.3, 0.4) is 0 Å². The highest BCUT2D eigenvalue weighted by Crippen LogP contribution is 2.22. The molecule has 5 nitrogen and oxygen atoms in total. The second kappa shape index (κ2) is 6.89. The number of pyridine rings is 1. The van der Waals surface area contributed by atoms with Crippen LogP contribution in [0.2, 0.25) is 0 Å². The van der Waals surface area contributed by atoms with Crippen molar-refractivity contribution in [2.45, 2.75) is 32.7 Å². The Balaban J connectivity index is 2.19. The lowest BCUT2D eigenvalue weighted by Crippen LogP contribution is -2.48. The van der Waals surface area contributed by atoms with Crippen molar-refractivity contribution in [1.29, 1.82) is 0 Å². The van der Waals surface area contributed by atoms with Crippen LogP contribution in [0, 0.1) is 5.92 Å². The number of carbonyl (C=O) groups is 1. The Kier molecular flexibility index (Phi) is 5.17. The van der Waals surface area contributed by atoms with E-state index < -0.39 is 0 Å². The van der Waals surface area contributed by atoms with Crippen molar-refractivity contribution in [3.8, 4) is 5.75 Å². The SMILES string of the molecule is CC(C)CN(C(=O)c1ncccc1O)C1CCN(C)CC1. The number of aromatic hydroxyl groups is 1. The van der Waals surface area contributed by atoms with E-state index >= 15 is 0 Å². The molecule has 0 bridgehead atoms. The van der Waals surface area contributed by atoms with E-state index in [4.69, 9.17) is 0 Å². The van der Waals surface area contributed by atoms with E-state index in [0.29, 0.717) is 12.5 Å². The van der Waals surface area contributed by atoms with Crippen molar-refractivity contribution in [3.63, 3.8) is 0 Å². The second-order valence-electron chi connectivity index (χ2n) is 6.26. The van der Waals surface area contributed by atoms with Crippen LogP contribution in [0.4, 0.5) is 0 Å². The van der Waals surface area contributed by atoms with Crippen molar-refractivity contribution in [3.05, 3.63) is 24.0 Å². The largest absolute Gasteiger partial charge is 0.505 e. The maximum absolute atomic E-state index is 12.8. The zero-order valence-corrected chi connectivity index (χ0v) is 13.1. The standard InChI is InChI=1S/C16H25N3O2/c1-12(2)11-19(13-6-9-18(3)10-7-13)16(21)15-14(20)5-4-8-17-15/h4-5,8,12-13,20H,6-7,9-11H2,1-3H3. The molecule has 116 valence electrons. The lowest BCUT2D eigenvalue weighted by Gasteiger charge is -2.38. The summed E-state index contributed by atoms with van der Waals surface area (Å²) in [5, 5.41) is 9.89. The number of aromatic nitrogens is 1. The number of amides is 1. The topological polar surface area (TPSA) is 56.7 Å². The number of likely N-dealkylation sites (tertiary alicyclic amines) is 1. The van der Waals surface area contributed by atoms with Crippen LogP contribution < -0.4 is 0 Å². The van der Waals surface area contributed by atoms with Gasteiger partial charge >= 0.3 is 0 Å². The maximum atomic E-state index is 12.8. The summed E-state index contributed by atoms with van der Waals surface area (Å²) in [6.45, 7) is 6.91. The first kappa shape index (κ1) is 15.8. The smallest absolute Gasteiger partial charge is 0.276 e. The van der Waals surface area contributed by atoms with Crippen molar-refractivity contribution < 1.29 is 9.90 Å². The molecule has 0 radical (unpaired) electrons. The molecule has 2 heterocycles. The molecule has 1 aliphatic heterocycles. The summed E-state index contributed by atoms with van der Waals surface area (Å²) in [7, 11) is 2.11. The molecule has 21 heavy (non-hydrogen) atoms. The number of nitrogens with zero attached hydrogens (tertiary/aromatic N) is 3. The molecule has 1 amide bonds. The minimum Gasteiger partial charge on any atom is -0.505 e.